The highest BCUT2D eigenvalue weighted by molar-refractivity contribution is 7.15. The fourth-order valence-corrected chi connectivity index (χ4v) is 2.89. The monoisotopic (exact) mass is 262 g/mol. The first kappa shape index (κ1) is 13.1. The van der Waals surface area contributed by atoms with Gasteiger partial charge in [0, 0.05) is 32.8 Å². The molecule has 2 rings (SSSR count). The minimum atomic E-state index is 0.159. The standard InChI is InChI=1S/C14H18N2OS/c1-10-14(18-13(15-10)8-9-17)11-4-6-12(7-5-11)16(2)3/h4-7,17H,8-9H2,1-3H3. The van der Waals surface area contributed by atoms with Crippen molar-refractivity contribution in [2.24, 2.45) is 0 Å². The minimum absolute atomic E-state index is 0.159. The molecule has 0 radical (unpaired) electrons. The van der Waals surface area contributed by atoms with Gasteiger partial charge in [0.1, 0.15) is 0 Å². The van der Waals surface area contributed by atoms with Gasteiger partial charge in [0.15, 0.2) is 0 Å². The van der Waals surface area contributed by atoms with Gasteiger partial charge in [-0.05, 0) is 24.6 Å². The molecule has 0 saturated heterocycles. The Labute approximate surface area is 112 Å². The predicted octanol–water partition coefficient (Wildman–Crippen LogP) is 2.72. The molecule has 0 saturated carbocycles. The molecule has 0 spiro atoms. The Morgan fingerprint density at radius 2 is 1.89 bits per heavy atom. The summed E-state index contributed by atoms with van der Waals surface area (Å²) in [6.45, 7) is 2.18. The molecule has 3 nitrogen and oxygen atoms in total. The van der Waals surface area contributed by atoms with Gasteiger partial charge in [0.2, 0.25) is 0 Å². The SMILES string of the molecule is Cc1nc(CCO)sc1-c1ccc(N(C)C)cc1. The topological polar surface area (TPSA) is 36.4 Å². The van der Waals surface area contributed by atoms with E-state index in [9.17, 15) is 0 Å². The fourth-order valence-electron chi connectivity index (χ4n) is 1.83. The summed E-state index contributed by atoms with van der Waals surface area (Å²) in [7, 11) is 4.07. The highest BCUT2D eigenvalue weighted by atomic mass is 32.1. The van der Waals surface area contributed by atoms with Crippen molar-refractivity contribution in [3.8, 4) is 10.4 Å². The normalized spacial score (nSPS) is 10.7. The van der Waals surface area contributed by atoms with Crippen LogP contribution in [0.15, 0.2) is 24.3 Å². The number of hydrogen-bond acceptors (Lipinski definition) is 4. The Bertz CT molecular complexity index is 517. The molecule has 0 amide bonds. The van der Waals surface area contributed by atoms with Gasteiger partial charge in [-0.15, -0.1) is 11.3 Å². The van der Waals surface area contributed by atoms with Crippen LogP contribution in [0.2, 0.25) is 0 Å². The van der Waals surface area contributed by atoms with Crippen LogP contribution in [0.25, 0.3) is 10.4 Å². The third-order valence-electron chi connectivity index (χ3n) is 2.81. The van der Waals surface area contributed by atoms with E-state index >= 15 is 0 Å². The third kappa shape index (κ3) is 2.71. The summed E-state index contributed by atoms with van der Waals surface area (Å²) in [5.74, 6) is 0. The maximum absolute atomic E-state index is 8.95. The van der Waals surface area contributed by atoms with E-state index < -0.39 is 0 Å². The zero-order valence-electron chi connectivity index (χ0n) is 11.0. The van der Waals surface area contributed by atoms with Crippen molar-refractivity contribution in [2.75, 3.05) is 25.6 Å². The van der Waals surface area contributed by atoms with E-state index in [1.807, 2.05) is 21.0 Å². The second-order valence-electron chi connectivity index (χ2n) is 4.44. The molecule has 1 N–H and O–H groups in total. The summed E-state index contributed by atoms with van der Waals surface area (Å²) >= 11 is 1.67. The van der Waals surface area contributed by atoms with Crippen molar-refractivity contribution >= 4 is 17.0 Å². The van der Waals surface area contributed by atoms with E-state index in [-0.39, 0.29) is 6.61 Å². The van der Waals surface area contributed by atoms with E-state index in [1.54, 1.807) is 11.3 Å². The Morgan fingerprint density at radius 3 is 2.44 bits per heavy atom. The van der Waals surface area contributed by atoms with E-state index in [4.69, 9.17) is 5.11 Å². The van der Waals surface area contributed by atoms with Crippen molar-refractivity contribution < 1.29 is 5.11 Å². The Hall–Kier alpha value is -1.39. The summed E-state index contributed by atoms with van der Waals surface area (Å²) in [5.41, 5.74) is 3.43. The largest absolute Gasteiger partial charge is 0.396 e. The van der Waals surface area contributed by atoms with Crippen LogP contribution < -0.4 is 4.90 Å². The number of rotatable bonds is 4. The molecule has 0 fully saturated rings. The first-order chi connectivity index (χ1) is 8.61. The maximum atomic E-state index is 8.95. The van der Waals surface area contributed by atoms with Gasteiger partial charge in [-0.1, -0.05) is 12.1 Å². The lowest BCUT2D eigenvalue weighted by molar-refractivity contribution is 0.299. The number of thiazole rings is 1. The van der Waals surface area contributed by atoms with E-state index in [0.717, 1.165) is 10.7 Å². The van der Waals surface area contributed by atoms with Crippen LogP contribution in [0.5, 0.6) is 0 Å². The van der Waals surface area contributed by atoms with Crippen LogP contribution in [-0.4, -0.2) is 30.8 Å². The van der Waals surface area contributed by atoms with Gasteiger partial charge in [0.05, 0.1) is 15.6 Å². The lowest BCUT2D eigenvalue weighted by Crippen LogP contribution is -2.07. The van der Waals surface area contributed by atoms with Crippen LogP contribution in [0.1, 0.15) is 10.7 Å². The van der Waals surface area contributed by atoms with Crippen molar-refractivity contribution in [3.05, 3.63) is 35.0 Å². The fraction of sp³-hybridized carbons (Fsp3) is 0.357. The molecule has 0 unspecified atom stereocenters. The number of aryl methyl sites for hydroxylation is 1. The zero-order valence-corrected chi connectivity index (χ0v) is 11.8. The highest BCUT2D eigenvalue weighted by Crippen LogP contribution is 2.31. The number of anilines is 1. The van der Waals surface area contributed by atoms with Crippen LogP contribution in [-0.2, 0) is 6.42 Å². The first-order valence-electron chi connectivity index (χ1n) is 5.96. The molecule has 1 heterocycles. The van der Waals surface area contributed by atoms with Crippen molar-refractivity contribution in [3.63, 3.8) is 0 Å². The molecule has 0 bridgehead atoms. The second kappa shape index (κ2) is 5.50. The van der Waals surface area contributed by atoms with Crippen LogP contribution in [0, 0.1) is 6.92 Å². The third-order valence-corrected chi connectivity index (χ3v) is 4.08. The van der Waals surface area contributed by atoms with E-state index in [1.165, 1.54) is 16.1 Å². The summed E-state index contributed by atoms with van der Waals surface area (Å²) in [6.07, 6.45) is 0.640. The lowest BCUT2D eigenvalue weighted by Gasteiger charge is -2.12. The molecule has 0 aliphatic rings. The van der Waals surface area contributed by atoms with Gasteiger partial charge in [-0.2, -0.15) is 0 Å². The van der Waals surface area contributed by atoms with Crippen molar-refractivity contribution in [1.82, 2.24) is 4.98 Å². The number of aliphatic hydroxyl groups excluding tert-OH is 1. The van der Waals surface area contributed by atoms with Crippen LogP contribution in [0.4, 0.5) is 5.69 Å². The molecule has 2 aromatic rings. The molecule has 4 heteroatoms. The van der Waals surface area contributed by atoms with E-state index in [2.05, 4.69) is 34.1 Å². The van der Waals surface area contributed by atoms with Crippen molar-refractivity contribution in [1.29, 1.82) is 0 Å². The quantitative estimate of drug-likeness (QED) is 0.920. The molecule has 18 heavy (non-hydrogen) atoms. The summed E-state index contributed by atoms with van der Waals surface area (Å²) in [5, 5.41) is 9.95. The molecule has 1 aromatic heterocycles. The van der Waals surface area contributed by atoms with Gasteiger partial charge >= 0.3 is 0 Å². The number of benzene rings is 1. The van der Waals surface area contributed by atoms with Gasteiger partial charge in [-0.25, -0.2) is 4.98 Å². The molecular formula is C14H18N2OS. The predicted molar refractivity (Wildman–Crippen MR) is 77.4 cm³/mol. The summed E-state index contributed by atoms with van der Waals surface area (Å²) in [6, 6.07) is 8.47. The van der Waals surface area contributed by atoms with Gasteiger partial charge in [0.25, 0.3) is 0 Å². The number of aliphatic hydroxyl groups is 1. The van der Waals surface area contributed by atoms with Gasteiger partial charge in [-0.3, -0.25) is 0 Å². The molecule has 96 valence electrons. The Balaban J connectivity index is 2.30. The zero-order chi connectivity index (χ0) is 13.1. The number of aromatic nitrogens is 1. The smallest absolute Gasteiger partial charge is 0.0957 e. The second-order valence-corrected chi connectivity index (χ2v) is 5.52. The molecule has 0 aliphatic heterocycles. The average Bonchev–Trinajstić information content (AvgIpc) is 2.71. The lowest BCUT2D eigenvalue weighted by atomic mass is 10.1. The highest BCUT2D eigenvalue weighted by Gasteiger charge is 2.09. The molecular weight excluding hydrogens is 244 g/mol. The number of hydrogen-bond donors (Lipinski definition) is 1. The molecule has 1 aromatic carbocycles. The number of nitrogens with zero attached hydrogens (tertiary/aromatic N) is 2. The summed E-state index contributed by atoms with van der Waals surface area (Å²) in [4.78, 5) is 7.76. The van der Waals surface area contributed by atoms with E-state index in [0.29, 0.717) is 6.42 Å². The summed E-state index contributed by atoms with van der Waals surface area (Å²) < 4.78 is 0. The Morgan fingerprint density at radius 1 is 1.22 bits per heavy atom. The maximum Gasteiger partial charge on any atom is 0.0957 e. The molecule has 0 atom stereocenters. The van der Waals surface area contributed by atoms with Crippen LogP contribution in [0.3, 0.4) is 0 Å². The average molecular weight is 262 g/mol. The minimum Gasteiger partial charge on any atom is -0.396 e. The first-order valence-corrected chi connectivity index (χ1v) is 6.78. The van der Waals surface area contributed by atoms with Gasteiger partial charge < -0.3 is 10.0 Å². The van der Waals surface area contributed by atoms with Crippen LogP contribution >= 0.6 is 11.3 Å². The molecule has 0 aliphatic carbocycles. The van der Waals surface area contributed by atoms with Crippen molar-refractivity contribution in [2.45, 2.75) is 13.3 Å². The Kier molecular flexibility index (Phi) is 3.99.